The molecule has 1 rings (SSSR count). The van der Waals surface area contributed by atoms with Crippen LogP contribution in [0.2, 0.25) is 0 Å². The van der Waals surface area contributed by atoms with Crippen molar-refractivity contribution in [2.24, 2.45) is 0 Å². The van der Waals surface area contributed by atoms with Crippen LogP contribution in [0.1, 0.15) is 20.3 Å². The zero-order valence-corrected chi connectivity index (χ0v) is 10.7. The molecule has 0 saturated heterocycles. The lowest BCUT2D eigenvalue weighted by atomic mass is 10.0. The zero-order valence-electron chi connectivity index (χ0n) is 9.15. The predicted molar refractivity (Wildman–Crippen MR) is 63.5 cm³/mol. The molecule has 5 heteroatoms. The quantitative estimate of drug-likeness (QED) is 0.893. The summed E-state index contributed by atoms with van der Waals surface area (Å²) in [5.74, 6) is -1.36. The van der Waals surface area contributed by atoms with Crippen LogP contribution in [0.5, 0.6) is 0 Å². The van der Waals surface area contributed by atoms with Gasteiger partial charge in [0.05, 0.1) is 5.60 Å². The number of benzene rings is 1. The lowest BCUT2D eigenvalue weighted by molar-refractivity contribution is 0.0696. The van der Waals surface area contributed by atoms with Crippen molar-refractivity contribution in [3.05, 3.63) is 28.2 Å². The largest absolute Gasteiger partial charge is 0.388 e. The number of hydrogen-bond donors (Lipinski definition) is 2. The van der Waals surface area contributed by atoms with E-state index in [0.29, 0.717) is 10.9 Å². The Morgan fingerprint density at radius 1 is 1.38 bits per heavy atom. The lowest BCUT2D eigenvalue weighted by Gasteiger charge is -2.22. The minimum absolute atomic E-state index is 0.0962. The van der Waals surface area contributed by atoms with E-state index in [4.69, 9.17) is 0 Å². The van der Waals surface area contributed by atoms with E-state index in [0.717, 1.165) is 0 Å². The standard InChI is InChI=1S/C11H14BrF2NO/c1-3-11(2,16)6-15-10-8(13)4-7(12)5-9(10)14/h4-5,15-16H,3,6H2,1-2H3. The fourth-order valence-electron chi connectivity index (χ4n) is 1.11. The summed E-state index contributed by atoms with van der Waals surface area (Å²) in [6.07, 6.45) is 0.500. The fraction of sp³-hybridized carbons (Fsp3) is 0.455. The number of aliphatic hydroxyl groups is 1. The Bertz CT molecular complexity index is 359. The van der Waals surface area contributed by atoms with Gasteiger partial charge >= 0.3 is 0 Å². The summed E-state index contributed by atoms with van der Waals surface area (Å²) in [6, 6.07) is 2.35. The summed E-state index contributed by atoms with van der Waals surface area (Å²) >= 11 is 2.99. The Morgan fingerprint density at radius 3 is 2.31 bits per heavy atom. The molecular formula is C11H14BrF2NO. The van der Waals surface area contributed by atoms with Crippen molar-refractivity contribution in [3.63, 3.8) is 0 Å². The third-order valence-corrected chi connectivity index (χ3v) is 2.87. The van der Waals surface area contributed by atoms with Crippen molar-refractivity contribution in [3.8, 4) is 0 Å². The summed E-state index contributed by atoms with van der Waals surface area (Å²) in [5, 5.41) is 12.3. The van der Waals surface area contributed by atoms with E-state index in [1.165, 1.54) is 12.1 Å². The highest BCUT2D eigenvalue weighted by Gasteiger charge is 2.19. The summed E-state index contributed by atoms with van der Waals surface area (Å²) in [6.45, 7) is 3.50. The van der Waals surface area contributed by atoms with Gasteiger partial charge in [0.2, 0.25) is 0 Å². The molecule has 0 radical (unpaired) electrons. The van der Waals surface area contributed by atoms with Crippen molar-refractivity contribution in [1.82, 2.24) is 0 Å². The third-order valence-electron chi connectivity index (χ3n) is 2.41. The first kappa shape index (κ1) is 13.4. The summed E-state index contributed by atoms with van der Waals surface area (Å²) in [7, 11) is 0. The van der Waals surface area contributed by atoms with E-state index in [1.807, 2.05) is 0 Å². The molecule has 0 aromatic heterocycles. The fourth-order valence-corrected chi connectivity index (χ4v) is 1.52. The average molecular weight is 294 g/mol. The SMILES string of the molecule is CCC(C)(O)CNc1c(F)cc(Br)cc1F. The molecule has 1 aromatic carbocycles. The first-order valence-corrected chi connectivity index (χ1v) is 5.76. The van der Waals surface area contributed by atoms with Crippen molar-refractivity contribution in [2.75, 3.05) is 11.9 Å². The second-order valence-electron chi connectivity index (χ2n) is 3.95. The molecule has 0 bridgehead atoms. The number of anilines is 1. The molecule has 0 amide bonds. The predicted octanol–water partition coefficient (Wildman–Crippen LogP) is 3.30. The molecule has 0 aliphatic heterocycles. The zero-order chi connectivity index (χ0) is 12.3. The van der Waals surface area contributed by atoms with Gasteiger partial charge in [-0.15, -0.1) is 0 Å². The molecule has 0 spiro atoms. The summed E-state index contributed by atoms with van der Waals surface area (Å²) < 4.78 is 27.1. The Morgan fingerprint density at radius 2 is 1.88 bits per heavy atom. The molecule has 90 valence electrons. The second-order valence-corrected chi connectivity index (χ2v) is 4.86. The van der Waals surface area contributed by atoms with Crippen LogP contribution in [-0.4, -0.2) is 17.3 Å². The Hall–Kier alpha value is -0.680. The van der Waals surface area contributed by atoms with Gasteiger partial charge in [0, 0.05) is 11.0 Å². The maximum atomic E-state index is 13.4. The highest BCUT2D eigenvalue weighted by Crippen LogP contribution is 2.24. The van der Waals surface area contributed by atoms with Crippen LogP contribution in [0.15, 0.2) is 16.6 Å². The number of nitrogens with one attached hydrogen (secondary N) is 1. The maximum absolute atomic E-state index is 13.4. The van der Waals surface area contributed by atoms with Gasteiger partial charge in [0.15, 0.2) is 0 Å². The van der Waals surface area contributed by atoms with E-state index in [1.54, 1.807) is 13.8 Å². The molecule has 16 heavy (non-hydrogen) atoms. The summed E-state index contributed by atoms with van der Waals surface area (Å²) in [5.41, 5.74) is -1.19. The van der Waals surface area contributed by atoms with Crippen molar-refractivity contribution < 1.29 is 13.9 Å². The Balaban J connectivity index is 2.82. The maximum Gasteiger partial charge on any atom is 0.150 e. The number of halogens is 3. The van der Waals surface area contributed by atoms with E-state index < -0.39 is 17.2 Å². The molecular weight excluding hydrogens is 280 g/mol. The van der Waals surface area contributed by atoms with Gasteiger partial charge in [-0.3, -0.25) is 0 Å². The van der Waals surface area contributed by atoms with E-state index in [2.05, 4.69) is 21.2 Å². The first-order valence-electron chi connectivity index (χ1n) is 4.96. The van der Waals surface area contributed by atoms with Crippen LogP contribution >= 0.6 is 15.9 Å². The van der Waals surface area contributed by atoms with Crippen molar-refractivity contribution >= 4 is 21.6 Å². The number of rotatable bonds is 4. The Labute approximate surface area is 102 Å². The molecule has 2 N–H and O–H groups in total. The van der Waals surface area contributed by atoms with Gasteiger partial charge in [-0.1, -0.05) is 22.9 Å². The molecule has 0 saturated carbocycles. The van der Waals surface area contributed by atoms with Gasteiger partial charge in [0.25, 0.3) is 0 Å². The van der Waals surface area contributed by atoms with Crippen LogP contribution in [0.4, 0.5) is 14.5 Å². The summed E-state index contributed by atoms with van der Waals surface area (Å²) in [4.78, 5) is 0. The highest BCUT2D eigenvalue weighted by atomic mass is 79.9. The minimum Gasteiger partial charge on any atom is -0.388 e. The van der Waals surface area contributed by atoms with Crippen LogP contribution in [0.25, 0.3) is 0 Å². The topological polar surface area (TPSA) is 32.3 Å². The van der Waals surface area contributed by atoms with Gasteiger partial charge in [-0.05, 0) is 25.5 Å². The first-order chi connectivity index (χ1) is 7.35. The van der Waals surface area contributed by atoms with E-state index >= 15 is 0 Å². The van der Waals surface area contributed by atoms with Gasteiger partial charge in [-0.2, -0.15) is 0 Å². The monoisotopic (exact) mass is 293 g/mol. The molecule has 0 aliphatic carbocycles. The van der Waals surface area contributed by atoms with Crippen LogP contribution in [0.3, 0.4) is 0 Å². The average Bonchev–Trinajstić information content (AvgIpc) is 2.16. The smallest absolute Gasteiger partial charge is 0.150 e. The highest BCUT2D eigenvalue weighted by molar-refractivity contribution is 9.10. The lowest BCUT2D eigenvalue weighted by Crippen LogP contribution is -2.32. The van der Waals surface area contributed by atoms with Crippen molar-refractivity contribution in [2.45, 2.75) is 25.9 Å². The van der Waals surface area contributed by atoms with Crippen molar-refractivity contribution in [1.29, 1.82) is 0 Å². The molecule has 1 unspecified atom stereocenters. The molecule has 0 heterocycles. The van der Waals surface area contributed by atoms with Crippen LogP contribution < -0.4 is 5.32 Å². The Kier molecular flexibility index (Phi) is 4.27. The van der Waals surface area contributed by atoms with Gasteiger partial charge < -0.3 is 10.4 Å². The van der Waals surface area contributed by atoms with Crippen LogP contribution in [0, 0.1) is 11.6 Å². The minimum atomic E-state index is -0.980. The van der Waals surface area contributed by atoms with Gasteiger partial charge in [-0.25, -0.2) is 8.78 Å². The van der Waals surface area contributed by atoms with Crippen LogP contribution in [-0.2, 0) is 0 Å². The molecule has 0 aliphatic rings. The molecule has 1 atom stereocenters. The normalized spacial score (nSPS) is 14.6. The van der Waals surface area contributed by atoms with Gasteiger partial charge in [0.1, 0.15) is 17.3 Å². The number of hydrogen-bond acceptors (Lipinski definition) is 2. The molecule has 2 nitrogen and oxygen atoms in total. The van der Waals surface area contributed by atoms with E-state index in [-0.39, 0.29) is 12.2 Å². The second kappa shape index (κ2) is 5.10. The molecule has 0 fully saturated rings. The third kappa shape index (κ3) is 3.42. The van der Waals surface area contributed by atoms with E-state index in [9.17, 15) is 13.9 Å². The molecule has 1 aromatic rings.